The Morgan fingerprint density at radius 3 is 2.76 bits per heavy atom. The van der Waals surface area contributed by atoms with Crippen LogP contribution in [0.5, 0.6) is 0 Å². The average Bonchev–Trinajstić information content (AvgIpc) is 3.08. The fourth-order valence-electron chi connectivity index (χ4n) is 3.23. The minimum Gasteiger partial charge on any atom is -0.449 e. The van der Waals surface area contributed by atoms with Crippen LogP contribution in [0, 0.1) is 0 Å². The number of hydrogen-bond donors (Lipinski definition) is 0. The van der Waals surface area contributed by atoms with Crippen LogP contribution in [0.15, 0.2) is 48.5 Å². The molecule has 1 atom stereocenters. The second kappa shape index (κ2) is 6.84. The molecule has 4 nitrogen and oxygen atoms in total. The number of fused-ring (bicyclic) bond motifs is 1. The summed E-state index contributed by atoms with van der Waals surface area (Å²) in [5.41, 5.74) is 3.26. The van der Waals surface area contributed by atoms with E-state index in [2.05, 4.69) is 37.3 Å². The molecule has 1 saturated heterocycles. The van der Waals surface area contributed by atoms with Gasteiger partial charge in [-0.15, -0.1) is 11.3 Å². The Hall–Kier alpha value is -2.40. The van der Waals surface area contributed by atoms with Crippen LogP contribution in [0.25, 0.3) is 20.8 Å². The summed E-state index contributed by atoms with van der Waals surface area (Å²) in [4.78, 5) is 18.6. The summed E-state index contributed by atoms with van der Waals surface area (Å²) in [6, 6.07) is 16.8. The maximum absolute atomic E-state index is 12.1. The molecule has 0 aliphatic carbocycles. The molecule has 5 heteroatoms. The molecule has 2 heterocycles. The Bertz CT molecular complexity index is 855. The molecule has 0 bridgehead atoms. The summed E-state index contributed by atoms with van der Waals surface area (Å²) in [5.74, 6) is 0. The highest BCUT2D eigenvalue weighted by Crippen LogP contribution is 2.30. The van der Waals surface area contributed by atoms with Gasteiger partial charge in [-0.25, -0.2) is 9.78 Å². The molecular formula is C20H20N2O2S. The molecule has 1 aliphatic rings. The Morgan fingerprint density at radius 1 is 1.20 bits per heavy atom. The molecule has 4 rings (SSSR count). The molecule has 1 aliphatic heterocycles. The molecular weight excluding hydrogens is 332 g/mol. The zero-order valence-corrected chi connectivity index (χ0v) is 15.0. The Kier molecular flexibility index (Phi) is 4.40. The van der Waals surface area contributed by atoms with E-state index >= 15 is 0 Å². The molecule has 0 radical (unpaired) electrons. The number of benzene rings is 2. The zero-order valence-electron chi connectivity index (χ0n) is 14.1. The minimum absolute atomic E-state index is 0.201. The lowest BCUT2D eigenvalue weighted by Crippen LogP contribution is -2.44. The van der Waals surface area contributed by atoms with Gasteiger partial charge >= 0.3 is 6.09 Å². The van der Waals surface area contributed by atoms with Crippen molar-refractivity contribution in [1.29, 1.82) is 0 Å². The molecule has 1 aromatic heterocycles. The summed E-state index contributed by atoms with van der Waals surface area (Å²) in [6.45, 7) is 3.24. The number of para-hydroxylation sites is 1. The molecule has 0 spiro atoms. The second-order valence-electron chi connectivity index (χ2n) is 6.28. The van der Waals surface area contributed by atoms with E-state index in [0.717, 1.165) is 34.5 Å². The Morgan fingerprint density at radius 2 is 2.00 bits per heavy atom. The standard InChI is InChI=1S/C20H20N2O2S/c1-2-16-11-12-24-20(23)22(16)13-14-7-9-15(10-8-14)19-21-17-5-3-4-6-18(17)25-19/h3-10,16H,2,11-13H2,1H3. The van der Waals surface area contributed by atoms with E-state index < -0.39 is 0 Å². The summed E-state index contributed by atoms with van der Waals surface area (Å²) in [7, 11) is 0. The van der Waals surface area contributed by atoms with Gasteiger partial charge in [0.1, 0.15) is 5.01 Å². The van der Waals surface area contributed by atoms with Gasteiger partial charge < -0.3 is 9.64 Å². The van der Waals surface area contributed by atoms with Gasteiger partial charge in [0.2, 0.25) is 0 Å². The number of hydrogen-bond acceptors (Lipinski definition) is 4. The van der Waals surface area contributed by atoms with Crippen LogP contribution in [0.4, 0.5) is 4.79 Å². The van der Waals surface area contributed by atoms with Crippen molar-refractivity contribution in [2.45, 2.75) is 32.4 Å². The number of ether oxygens (including phenoxy) is 1. The lowest BCUT2D eigenvalue weighted by molar-refractivity contribution is 0.0394. The molecule has 1 unspecified atom stereocenters. The van der Waals surface area contributed by atoms with Crippen molar-refractivity contribution in [3.05, 3.63) is 54.1 Å². The first-order valence-electron chi connectivity index (χ1n) is 8.63. The monoisotopic (exact) mass is 352 g/mol. The Labute approximate surface area is 151 Å². The van der Waals surface area contributed by atoms with Gasteiger partial charge in [0.15, 0.2) is 0 Å². The van der Waals surface area contributed by atoms with Gasteiger partial charge in [-0.1, -0.05) is 43.3 Å². The van der Waals surface area contributed by atoms with Crippen molar-refractivity contribution < 1.29 is 9.53 Å². The number of nitrogens with zero attached hydrogens (tertiary/aromatic N) is 2. The van der Waals surface area contributed by atoms with Crippen molar-refractivity contribution >= 4 is 27.6 Å². The second-order valence-corrected chi connectivity index (χ2v) is 7.31. The highest BCUT2D eigenvalue weighted by Gasteiger charge is 2.28. The summed E-state index contributed by atoms with van der Waals surface area (Å²) in [5, 5.41) is 1.02. The van der Waals surface area contributed by atoms with Crippen molar-refractivity contribution in [3.63, 3.8) is 0 Å². The van der Waals surface area contributed by atoms with E-state index in [1.807, 2.05) is 23.1 Å². The molecule has 0 N–H and O–H groups in total. The zero-order chi connectivity index (χ0) is 17.2. The highest BCUT2D eigenvalue weighted by atomic mass is 32.1. The topological polar surface area (TPSA) is 42.4 Å². The van der Waals surface area contributed by atoms with Crippen LogP contribution >= 0.6 is 11.3 Å². The fraction of sp³-hybridized carbons (Fsp3) is 0.300. The van der Waals surface area contributed by atoms with Crippen LogP contribution in [-0.4, -0.2) is 28.6 Å². The van der Waals surface area contributed by atoms with E-state index in [0.29, 0.717) is 13.2 Å². The van der Waals surface area contributed by atoms with Gasteiger partial charge in [0, 0.05) is 24.6 Å². The quantitative estimate of drug-likeness (QED) is 0.657. The van der Waals surface area contributed by atoms with E-state index in [-0.39, 0.29) is 12.1 Å². The van der Waals surface area contributed by atoms with Gasteiger partial charge in [0.25, 0.3) is 0 Å². The van der Waals surface area contributed by atoms with Crippen molar-refractivity contribution in [2.75, 3.05) is 6.61 Å². The number of thiazole rings is 1. The van der Waals surface area contributed by atoms with Crippen LogP contribution < -0.4 is 0 Å². The van der Waals surface area contributed by atoms with Gasteiger partial charge in [-0.3, -0.25) is 0 Å². The molecule has 2 aromatic carbocycles. The molecule has 1 amide bonds. The third-order valence-electron chi connectivity index (χ3n) is 4.67. The van der Waals surface area contributed by atoms with Crippen LogP contribution in [0.1, 0.15) is 25.3 Å². The van der Waals surface area contributed by atoms with Crippen molar-refractivity contribution in [2.24, 2.45) is 0 Å². The normalized spacial score (nSPS) is 17.7. The highest BCUT2D eigenvalue weighted by molar-refractivity contribution is 7.21. The molecule has 3 aromatic rings. The first kappa shape index (κ1) is 16.1. The molecule has 1 fully saturated rings. The number of carbonyl (C=O) groups excluding carboxylic acids is 1. The van der Waals surface area contributed by atoms with Crippen LogP contribution in [-0.2, 0) is 11.3 Å². The predicted molar refractivity (Wildman–Crippen MR) is 101 cm³/mol. The third kappa shape index (κ3) is 3.24. The van der Waals surface area contributed by atoms with E-state index in [1.165, 1.54) is 4.70 Å². The number of amides is 1. The average molecular weight is 352 g/mol. The van der Waals surface area contributed by atoms with Crippen LogP contribution in [0.2, 0.25) is 0 Å². The van der Waals surface area contributed by atoms with Gasteiger partial charge in [0.05, 0.1) is 16.8 Å². The van der Waals surface area contributed by atoms with E-state index in [1.54, 1.807) is 11.3 Å². The lowest BCUT2D eigenvalue weighted by atomic mass is 10.1. The fourth-order valence-corrected chi connectivity index (χ4v) is 4.20. The van der Waals surface area contributed by atoms with Crippen LogP contribution in [0.3, 0.4) is 0 Å². The summed E-state index contributed by atoms with van der Waals surface area (Å²) >= 11 is 1.70. The van der Waals surface area contributed by atoms with Crippen molar-refractivity contribution in [3.8, 4) is 10.6 Å². The molecule has 25 heavy (non-hydrogen) atoms. The van der Waals surface area contributed by atoms with E-state index in [4.69, 9.17) is 9.72 Å². The number of aromatic nitrogens is 1. The Balaban J connectivity index is 1.54. The number of rotatable bonds is 4. The lowest BCUT2D eigenvalue weighted by Gasteiger charge is -2.34. The molecule has 128 valence electrons. The maximum Gasteiger partial charge on any atom is 0.410 e. The van der Waals surface area contributed by atoms with E-state index in [9.17, 15) is 4.79 Å². The number of cyclic esters (lactones) is 1. The van der Waals surface area contributed by atoms with Gasteiger partial charge in [-0.05, 0) is 24.1 Å². The van der Waals surface area contributed by atoms with Gasteiger partial charge in [-0.2, -0.15) is 0 Å². The van der Waals surface area contributed by atoms with Crippen molar-refractivity contribution in [1.82, 2.24) is 9.88 Å². The first-order valence-corrected chi connectivity index (χ1v) is 9.44. The predicted octanol–water partition coefficient (Wildman–Crippen LogP) is 5.08. The molecule has 0 saturated carbocycles. The number of carbonyl (C=O) groups is 1. The minimum atomic E-state index is -0.201. The summed E-state index contributed by atoms with van der Waals surface area (Å²) < 4.78 is 6.40. The SMILES string of the molecule is CCC1CCOC(=O)N1Cc1ccc(-c2nc3ccccc3s2)cc1. The maximum atomic E-state index is 12.1. The first-order chi connectivity index (χ1) is 12.2. The summed E-state index contributed by atoms with van der Waals surface area (Å²) in [6.07, 6.45) is 1.67. The third-order valence-corrected chi connectivity index (χ3v) is 5.76. The smallest absolute Gasteiger partial charge is 0.410 e. The largest absolute Gasteiger partial charge is 0.449 e.